The molecule has 0 bridgehead atoms. The fraction of sp³-hybridized carbons (Fsp3) is 0.278. The predicted molar refractivity (Wildman–Crippen MR) is 95.6 cm³/mol. The van der Waals surface area contributed by atoms with E-state index in [1.54, 1.807) is 28.9 Å². The monoisotopic (exact) mass is 343 g/mol. The molecule has 6 heteroatoms. The molecule has 1 heterocycles. The van der Waals surface area contributed by atoms with E-state index in [4.69, 9.17) is 5.73 Å². The second kappa shape index (κ2) is 9.08. The van der Waals surface area contributed by atoms with Crippen LogP contribution in [0.5, 0.6) is 0 Å². The summed E-state index contributed by atoms with van der Waals surface area (Å²) in [6, 6.07) is 13.3. The van der Waals surface area contributed by atoms with Crippen molar-refractivity contribution in [3.8, 4) is 0 Å². The summed E-state index contributed by atoms with van der Waals surface area (Å²) in [6.07, 6.45) is 1.72. The third-order valence-corrected chi connectivity index (χ3v) is 4.23. The van der Waals surface area contributed by atoms with E-state index in [1.165, 1.54) is 0 Å². The standard InChI is InChI=1S/C18H21N3O2S/c1-2-24-17-9-8-15(12-20-17)18(23)21(11-10-16(19)22)13-14-6-4-3-5-7-14/h3-9,12H,2,10-11,13H2,1H3,(H2,19,22). The SMILES string of the molecule is CCSc1ccc(C(=O)N(CCC(N)=O)Cc2ccccc2)cn1. The van der Waals surface area contributed by atoms with Crippen molar-refractivity contribution in [2.45, 2.75) is 24.9 Å². The molecule has 24 heavy (non-hydrogen) atoms. The molecule has 0 unspecified atom stereocenters. The molecule has 0 fully saturated rings. The number of thioether (sulfide) groups is 1. The smallest absolute Gasteiger partial charge is 0.255 e. The molecule has 2 aromatic rings. The van der Waals surface area contributed by atoms with Crippen LogP contribution >= 0.6 is 11.8 Å². The van der Waals surface area contributed by atoms with Gasteiger partial charge in [0.25, 0.3) is 5.91 Å². The lowest BCUT2D eigenvalue weighted by atomic mass is 10.1. The summed E-state index contributed by atoms with van der Waals surface area (Å²) in [7, 11) is 0. The maximum absolute atomic E-state index is 12.8. The highest BCUT2D eigenvalue weighted by molar-refractivity contribution is 7.99. The first-order valence-electron chi connectivity index (χ1n) is 7.80. The zero-order valence-electron chi connectivity index (χ0n) is 13.6. The Bertz CT molecular complexity index is 674. The second-order valence-corrected chi connectivity index (χ2v) is 6.53. The van der Waals surface area contributed by atoms with E-state index >= 15 is 0 Å². The van der Waals surface area contributed by atoms with Gasteiger partial charge in [0.15, 0.2) is 0 Å². The van der Waals surface area contributed by atoms with Crippen molar-refractivity contribution in [1.82, 2.24) is 9.88 Å². The number of rotatable bonds is 8. The third kappa shape index (κ3) is 5.38. The molecule has 2 amide bonds. The molecule has 2 N–H and O–H groups in total. The average molecular weight is 343 g/mol. The lowest BCUT2D eigenvalue weighted by molar-refractivity contribution is -0.118. The summed E-state index contributed by atoms with van der Waals surface area (Å²) in [5, 5.41) is 0.890. The third-order valence-electron chi connectivity index (χ3n) is 3.41. The molecule has 0 saturated carbocycles. The van der Waals surface area contributed by atoms with Gasteiger partial charge in [0, 0.05) is 25.7 Å². The summed E-state index contributed by atoms with van der Waals surface area (Å²) in [4.78, 5) is 29.8. The number of aromatic nitrogens is 1. The van der Waals surface area contributed by atoms with Gasteiger partial charge in [-0.05, 0) is 23.4 Å². The number of benzene rings is 1. The van der Waals surface area contributed by atoms with E-state index in [0.717, 1.165) is 16.3 Å². The van der Waals surface area contributed by atoms with Crippen LogP contribution in [0.15, 0.2) is 53.7 Å². The van der Waals surface area contributed by atoms with Crippen molar-refractivity contribution < 1.29 is 9.59 Å². The summed E-state index contributed by atoms with van der Waals surface area (Å²) < 4.78 is 0. The van der Waals surface area contributed by atoms with Crippen LogP contribution in [0.3, 0.4) is 0 Å². The van der Waals surface area contributed by atoms with Gasteiger partial charge in [-0.25, -0.2) is 4.98 Å². The highest BCUT2D eigenvalue weighted by atomic mass is 32.2. The molecule has 0 aliphatic rings. The number of hydrogen-bond donors (Lipinski definition) is 1. The molecule has 1 aromatic heterocycles. The molecule has 126 valence electrons. The number of carbonyl (C=O) groups excluding carboxylic acids is 2. The maximum atomic E-state index is 12.8. The zero-order chi connectivity index (χ0) is 17.4. The second-order valence-electron chi connectivity index (χ2n) is 5.25. The first-order valence-corrected chi connectivity index (χ1v) is 8.79. The molecule has 5 nitrogen and oxygen atoms in total. The van der Waals surface area contributed by atoms with Crippen molar-refractivity contribution >= 4 is 23.6 Å². The fourth-order valence-corrected chi connectivity index (χ4v) is 2.81. The van der Waals surface area contributed by atoms with E-state index in [-0.39, 0.29) is 18.9 Å². The van der Waals surface area contributed by atoms with E-state index in [1.807, 2.05) is 36.4 Å². The molecule has 0 radical (unpaired) electrons. The van der Waals surface area contributed by atoms with Gasteiger partial charge in [-0.3, -0.25) is 9.59 Å². The number of primary amides is 1. The van der Waals surface area contributed by atoms with Gasteiger partial charge >= 0.3 is 0 Å². The van der Waals surface area contributed by atoms with Crippen LogP contribution in [0.1, 0.15) is 29.3 Å². The first kappa shape index (κ1) is 18.0. The Kier molecular flexibility index (Phi) is 6.81. The van der Waals surface area contributed by atoms with Crippen LogP contribution in [0.25, 0.3) is 0 Å². The summed E-state index contributed by atoms with van der Waals surface area (Å²) in [6.45, 7) is 2.77. The van der Waals surface area contributed by atoms with Crippen molar-refractivity contribution in [2.24, 2.45) is 5.73 Å². The lowest BCUT2D eigenvalue weighted by Gasteiger charge is -2.22. The molecule has 1 aromatic carbocycles. The van der Waals surface area contributed by atoms with Crippen molar-refractivity contribution in [1.29, 1.82) is 0 Å². The summed E-state index contributed by atoms with van der Waals surface area (Å²) in [5.74, 6) is 0.355. The Morgan fingerprint density at radius 1 is 1.17 bits per heavy atom. The molecule has 0 aliphatic carbocycles. The van der Waals surface area contributed by atoms with Crippen LogP contribution in [-0.4, -0.2) is 34.0 Å². The average Bonchev–Trinajstić information content (AvgIpc) is 2.60. The van der Waals surface area contributed by atoms with Gasteiger partial charge < -0.3 is 10.6 Å². The predicted octanol–water partition coefficient (Wildman–Crippen LogP) is 2.71. The van der Waals surface area contributed by atoms with E-state index < -0.39 is 5.91 Å². The van der Waals surface area contributed by atoms with Gasteiger partial charge in [0.2, 0.25) is 5.91 Å². The molecule has 0 atom stereocenters. The Balaban J connectivity index is 2.14. The van der Waals surface area contributed by atoms with Crippen LogP contribution in [0.2, 0.25) is 0 Å². The Morgan fingerprint density at radius 3 is 2.50 bits per heavy atom. The Morgan fingerprint density at radius 2 is 1.92 bits per heavy atom. The fourth-order valence-electron chi connectivity index (χ4n) is 2.22. The highest BCUT2D eigenvalue weighted by Crippen LogP contribution is 2.16. The Labute approximate surface area is 146 Å². The summed E-state index contributed by atoms with van der Waals surface area (Å²) >= 11 is 1.62. The quantitative estimate of drug-likeness (QED) is 0.748. The van der Waals surface area contributed by atoms with Gasteiger partial charge in [-0.2, -0.15) is 0 Å². The number of hydrogen-bond acceptors (Lipinski definition) is 4. The minimum atomic E-state index is -0.423. The number of pyridine rings is 1. The largest absolute Gasteiger partial charge is 0.370 e. The molecule has 0 saturated heterocycles. The molecular weight excluding hydrogens is 322 g/mol. The van der Waals surface area contributed by atoms with Gasteiger partial charge in [-0.1, -0.05) is 37.3 Å². The van der Waals surface area contributed by atoms with Crippen LogP contribution in [0.4, 0.5) is 0 Å². The summed E-state index contributed by atoms with van der Waals surface area (Å²) in [5.41, 5.74) is 6.75. The van der Waals surface area contributed by atoms with Gasteiger partial charge in [0.05, 0.1) is 10.6 Å². The topological polar surface area (TPSA) is 76.3 Å². The molecule has 2 rings (SSSR count). The van der Waals surface area contributed by atoms with Crippen LogP contribution in [0, 0.1) is 0 Å². The van der Waals surface area contributed by atoms with Crippen molar-refractivity contribution in [2.75, 3.05) is 12.3 Å². The van der Waals surface area contributed by atoms with Gasteiger partial charge in [0.1, 0.15) is 0 Å². The highest BCUT2D eigenvalue weighted by Gasteiger charge is 2.17. The number of amides is 2. The minimum absolute atomic E-state index is 0.135. The normalized spacial score (nSPS) is 10.4. The zero-order valence-corrected chi connectivity index (χ0v) is 14.5. The van der Waals surface area contributed by atoms with Crippen LogP contribution in [-0.2, 0) is 11.3 Å². The minimum Gasteiger partial charge on any atom is -0.370 e. The maximum Gasteiger partial charge on any atom is 0.255 e. The van der Waals surface area contributed by atoms with E-state index in [0.29, 0.717) is 12.1 Å². The van der Waals surface area contributed by atoms with E-state index in [9.17, 15) is 9.59 Å². The van der Waals surface area contributed by atoms with E-state index in [2.05, 4.69) is 11.9 Å². The number of nitrogens with two attached hydrogens (primary N) is 1. The molecular formula is C18H21N3O2S. The lowest BCUT2D eigenvalue weighted by Crippen LogP contribution is -2.33. The first-order chi connectivity index (χ1) is 11.6. The van der Waals surface area contributed by atoms with Crippen molar-refractivity contribution in [3.05, 3.63) is 59.8 Å². The van der Waals surface area contributed by atoms with Gasteiger partial charge in [-0.15, -0.1) is 11.8 Å². The Hall–Kier alpha value is -2.34. The number of nitrogens with zero attached hydrogens (tertiary/aromatic N) is 2. The molecule has 0 spiro atoms. The molecule has 0 aliphatic heterocycles. The van der Waals surface area contributed by atoms with Crippen LogP contribution < -0.4 is 5.73 Å². The van der Waals surface area contributed by atoms with Crippen molar-refractivity contribution in [3.63, 3.8) is 0 Å². The number of carbonyl (C=O) groups is 2.